The van der Waals surface area contributed by atoms with Crippen molar-refractivity contribution < 1.29 is 32.3 Å². The third-order valence-corrected chi connectivity index (χ3v) is 2.35. The van der Waals surface area contributed by atoms with Crippen LogP contribution in [-0.4, -0.2) is 40.5 Å². The first-order valence-corrected chi connectivity index (χ1v) is 5.59. The third kappa shape index (κ3) is 3.68. The zero-order valence-electron chi connectivity index (χ0n) is 10.7. The number of nitrogens with zero attached hydrogens (tertiary/aromatic N) is 1. The molecule has 0 bridgehead atoms. The molecule has 0 aromatic carbocycles. The van der Waals surface area contributed by atoms with E-state index in [1.165, 1.54) is 20.8 Å². The summed E-state index contributed by atoms with van der Waals surface area (Å²) in [4.78, 5) is 34.1. The number of halogens is 3. The summed E-state index contributed by atoms with van der Waals surface area (Å²) in [5, 5.41) is 0. The summed E-state index contributed by atoms with van der Waals surface area (Å²) in [7, 11) is 0. The van der Waals surface area contributed by atoms with Gasteiger partial charge in [-0.1, -0.05) is 0 Å². The first-order chi connectivity index (χ1) is 8.43. The maximum atomic E-state index is 12.4. The maximum Gasteiger partial charge on any atom is 0.471 e. The van der Waals surface area contributed by atoms with Gasteiger partial charge in [0, 0.05) is 6.42 Å². The minimum atomic E-state index is -5.19. The molecule has 19 heavy (non-hydrogen) atoms. The van der Waals surface area contributed by atoms with Gasteiger partial charge in [0.2, 0.25) is 5.91 Å². The molecule has 0 N–H and O–H groups in total. The van der Waals surface area contributed by atoms with Gasteiger partial charge in [0.1, 0.15) is 11.6 Å². The molecule has 1 saturated heterocycles. The zero-order valence-corrected chi connectivity index (χ0v) is 10.7. The number of alkyl halides is 3. The number of imide groups is 1. The molecule has 1 rings (SSSR count). The lowest BCUT2D eigenvalue weighted by Gasteiger charge is -2.26. The second-order valence-electron chi connectivity index (χ2n) is 5.15. The minimum absolute atomic E-state index is 0.0475. The molecule has 1 atom stereocenters. The number of carbonyl (C=O) groups excluding carboxylic acids is 3. The predicted octanol–water partition coefficient (Wildman–Crippen LogP) is 1.41. The van der Waals surface area contributed by atoms with Gasteiger partial charge in [0.25, 0.3) is 0 Å². The van der Waals surface area contributed by atoms with E-state index in [0.29, 0.717) is 0 Å². The summed E-state index contributed by atoms with van der Waals surface area (Å²) in [5.41, 5.74) is -0.907. The van der Waals surface area contributed by atoms with Crippen LogP contribution in [-0.2, 0) is 19.1 Å². The SMILES string of the molecule is CC(C)(C)OC(=O)[C@@H]1CCC(=O)N1C(=O)C(F)(F)F. The number of rotatable bonds is 1. The van der Waals surface area contributed by atoms with Gasteiger partial charge in [-0.2, -0.15) is 13.2 Å². The predicted molar refractivity (Wildman–Crippen MR) is 56.8 cm³/mol. The van der Waals surface area contributed by atoms with E-state index in [4.69, 9.17) is 4.74 Å². The van der Waals surface area contributed by atoms with Crippen molar-refractivity contribution in [3.8, 4) is 0 Å². The van der Waals surface area contributed by atoms with Crippen LogP contribution in [0.15, 0.2) is 0 Å². The van der Waals surface area contributed by atoms with Crippen LogP contribution in [0.25, 0.3) is 0 Å². The molecule has 1 aliphatic heterocycles. The Morgan fingerprint density at radius 1 is 1.26 bits per heavy atom. The third-order valence-electron chi connectivity index (χ3n) is 2.35. The first-order valence-electron chi connectivity index (χ1n) is 5.59. The molecule has 1 aliphatic rings. The molecular weight excluding hydrogens is 267 g/mol. The van der Waals surface area contributed by atoms with Crippen LogP contribution in [0.3, 0.4) is 0 Å². The van der Waals surface area contributed by atoms with E-state index in [2.05, 4.69) is 0 Å². The van der Waals surface area contributed by atoms with Crippen molar-refractivity contribution in [1.82, 2.24) is 4.90 Å². The van der Waals surface area contributed by atoms with Gasteiger partial charge >= 0.3 is 18.1 Å². The standard InChI is InChI=1S/C11H14F3NO4/c1-10(2,3)19-8(17)6-4-5-7(16)15(6)9(18)11(12,13)14/h6H,4-5H2,1-3H3/t6-/m0/s1. The molecule has 1 fully saturated rings. The fourth-order valence-corrected chi connectivity index (χ4v) is 1.67. The molecule has 108 valence electrons. The minimum Gasteiger partial charge on any atom is -0.458 e. The number of likely N-dealkylation sites (tertiary alicyclic amines) is 1. The fraction of sp³-hybridized carbons (Fsp3) is 0.727. The van der Waals surface area contributed by atoms with E-state index in [9.17, 15) is 27.6 Å². The van der Waals surface area contributed by atoms with Gasteiger partial charge in [-0.25, -0.2) is 4.79 Å². The van der Waals surface area contributed by atoms with Gasteiger partial charge < -0.3 is 4.74 Å². The van der Waals surface area contributed by atoms with Gasteiger partial charge in [-0.3, -0.25) is 14.5 Å². The molecule has 5 nitrogen and oxygen atoms in total. The second kappa shape index (κ2) is 4.82. The zero-order chi connectivity index (χ0) is 15.0. The molecule has 8 heteroatoms. The monoisotopic (exact) mass is 281 g/mol. The Balaban J connectivity index is 2.92. The number of amides is 2. The van der Waals surface area contributed by atoms with E-state index in [0.717, 1.165) is 0 Å². The van der Waals surface area contributed by atoms with Crippen LogP contribution in [0.5, 0.6) is 0 Å². The Bertz CT molecular complexity index is 411. The van der Waals surface area contributed by atoms with Crippen LogP contribution >= 0.6 is 0 Å². The maximum absolute atomic E-state index is 12.4. The summed E-state index contributed by atoms with van der Waals surface area (Å²) in [6.45, 7) is 4.62. The Morgan fingerprint density at radius 2 is 1.79 bits per heavy atom. The van der Waals surface area contributed by atoms with E-state index in [1.54, 1.807) is 0 Å². The molecule has 0 saturated carbocycles. The number of carbonyl (C=O) groups is 3. The Morgan fingerprint density at radius 3 is 2.21 bits per heavy atom. The Kier molecular flexibility index (Phi) is 3.92. The van der Waals surface area contributed by atoms with Gasteiger partial charge in [0.05, 0.1) is 0 Å². The molecule has 2 amide bonds. The topological polar surface area (TPSA) is 63.7 Å². The summed E-state index contributed by atoms with van der Waals surface area (Å²) in [6.07, 6.45) is -5.64. The molecule has 0 aromatic heterocycles. The summed E-state index contributed by atoms with van der Waals surface area (Å²) in [6, 6.07) is -1.50. The fourth-order valence-electron chi connectivity index (χ4n) is 1.67. The van der Waals surface area contributed by atoms with E-state index in [-0.39, 0.29) is 17.7 Å². The van der Waals surface area contributed by atoms with Crippen molar-refractivity contribution in [3.05, 3.63) is 0 Å². The normalized spacial score (nSPS) is 20.6. The number of ether oxygens (including phenoxy) is 1. The van der Waals surface area contributed by atoms with E-state index < -0.39 is 35.6 Å². The highest BCUT2D eigenvalue weighted by atomic mass is 19.4. The van der Waals surface area contributed by atoms with Crippen LogP contribution in [0.1, 0.15) is 33.6 Å². The molecule has 0 aromatic rings. The summed E-state index contributed by atoms with van der Waals surface area (Å²) >= 11 is 0. The van der Waals surface area contributed by atoms with Gasteiger partial charge in [-0.15, -0.1) is 0 Å². The number of hydrogen-bond donors (Lipinski definition) is 0. The van der Waals surface area contributed by atoms with Crippen molar-refractivity contribution in [2.24, 2.45) is 0 Å². The number of hydrogen-bond acceptors (Lipinski definition) is 4. The average molecular weight is 281 g/mol. The van der Waals surface area contributed by atoms with Crippen molar-refractivity contribution >= 4 is 17.8 Å². The lowest BCUT2D eigenvalue weighted by Crippen LogP contribution is -2.50. The second-order valence-corrected chi connectivity index (χ2v) is 5.15. The molecule has 1 heterocycles. The summed E-state index contributed by atoms with van der Waals surface area (Å²) in [5.74, 6) is -4.35. The Labute approximate surface area is 107 Å². The van der Waals surface area contributed by atoms with Gasteiger partial charge in [0.15, 0.2) is 0 Å². The van der Waals surface area contributed by atoms with E-state index >= 15 is 0 Å². The van der Waals surface area contributed by atoms with E-state index in [1.807, 2.05) is 0 Å². The highest BCUT2D eigenvalue weighted by Gasteiger charge is 2.52. The molecule has 0 spiro atoms. The van der Waals surface area contributed by atoms with Crippen molar-refractivity contribution in [1.29, 1.82) is 0 Å². The quantitative estimate of drug-likeness (QED) is 0.682. The van der Waals surface area contributed by atoms with Crippen LogP contribution in [0.2, 0.25) is 0 Å². The van der Waals surface area contributed by atoms with Crippen LogP contribution in [0, 0.1) is 0 Å². The lowest BCUT2D eigenvalue weighted by molar-refractivity contribution is -0.191. The van der Waals surface area contributed by atoms with Gasteiger partial charge in [-0.05, 0) is 27.2 Å². The first kappa shape index (κ1) is 15.5. The average Bonchev–Trinajstić information content (AvgIpc) is 2.54. The van der Waals surface area contributed by atoms with Crippen molar-refractivity contribution in [2.45, 2.75) is 51.4 Å². The molecular formula is C11H14F3NO4. The molecule has 0 unspecified atom stereocenters. The summed E-state index contributed by atoms with van der Waals surface area (Å²) < 4.78 is 42.0. The molecule has 0 radical (unpaired) electrons. The number of esters is 1. The van der Waals surface area contributed by atoms with Crippen molar-refractivity contribution in [2.75, 3.05) is 0 Å². The highest BCUT2D eigenvalue weighted by molar-refractivity contribution is 6.03. The van der Waals surface area contributed by atoms with Crippen molar-refractivity contribution in [3.63, 3.8) is 0 Å². The highest BCUT2D eigenvalue weighted by Crippen LogP contribution is 2.28. The largest absolute Gasteiger partial charge is 0.471 e. The smallest absolute Gasteiger partial charge is 0.458 e. The van der Waals surface area contributed by atoms with Crippen LogP contribution < -0.4 is 0 Å². The van der Waals surface area contributed by atoms with Crippen LogP contribution in [0.4, 0.5) is 13.2 Å². The Hall–Kier alpha value is -1.60. The lowest BCUT2D eigenvalue weighted by atomic mass is 10.1. The molecule has 0 aliphatic carbocycles.